The highest BCUT2D eigenvalue weighted by atomic mass is 127. The Hall–Kier alpha value is -1.16. The number of benzene rings is 1. The zero-order valence-corrected chi connectivity index (χ0v) is 21.2. The third-order valence-electron chi connectivity index (χ3n) is 5.77. The second-order valence-corrected chi connectivity index (χ2v) is 8.05. The average Bonchev–Trinajstić information content (AvgIpc) is 2.80. The molecule has 1 saturated heterocycles. The Bertz CT molecular complexity index is 661. The predicted molar refractivity (Wildman–Crippen MR) is 138 cm³/mol. The largest absolute Gasteiger partial charge is 0.378 e. The molecule has 0 spiro atoms. The van der Waals surface area contributed by atoms with Gasteiger partial charge in [-0.3, -0.25) is 9.89 Å². The van der Waals surface area contributed by atoms with Crippen molar-refractivity contribution in [2.45, 2.75) is 44.8 Å². The van der Waals surface area contributed by atoms with Crippen LogP contribution in [-0.2, 0) is 16.0 Å². The van der Waals surface area contributed by atoms with Crippen LogP contribution in [0.15, 0.2) is 47.0 Å². The summed E-state index contributed by atoms with van der Waals surface area (Å²) in [4.78, 5) is 6.84. The Morgan fingerprint density at radius 1 is 1.16 bits per heavy atom. The first kappa shape index (κ1) is 26.1. The highest BCUT2D eigenvalue weighted by molar-refractivity contribution is 14.0. The van der Waals surface area contributed by atoms with Crippen LogP contribution in [0.2, 0.25) is 0 Å². The number of aliphatic imine (C=N–C) groups is 1. The Kier molecular flexibility index (Phi) is 13.1. The summed E-state index contributed by atoms with van der Waals surface area (Å²) in [5.74, 6) is 0.872. The van der Waals surface area contributed by atoms with Crippen molar-refractivity contribution in [3.63, 3.8) is 0 Å². The van der Waals surface area contributed by atoms with Gasteiger partial charge < -0.3 is 20.1 Å². The van der Waals surface area contributed by atoms with Crippen LogP contribution < -0.4 is 10.6 Å². The highest BCUT2D eigenvalue weighted by Crippen LogP contribution is 2.16. The van der Waals surface area contributed by atoms with Gasteiger partial charge in [-0.15, -0.1) is 24.0 Å². The first-order chi connectivity index (χ1) is 14.8. The van der Waals surface area contributed by atoms with Gasteiger partial charge in [0, 0.05) is 46.4 Å². The third kappa shape index (κ3) is 10.3. The van der Waals surface area contributed by atoms with Crippen LogP contribution in [-0.4, -0.2) is 70.0 Å². The molecule has 0 aromatic heterocycles. The van der Waals surface area contributed by atoms with Crippen LogP contribution in [0.1, 0.15) is 37.7 Å². The minimum absolute atomic E-state index is 0. The number of nitrogens with zero attached hydrogens (tertiary/aromatic N) is 2. The molecule has 3 rings (SSSR count). The van der Waals surface area contributed by atoms with Crippen LogP contribution in [0, 0.1) is 0 Å². The minimum Gasteiger partial charge on any atom is -0.378 e. The molecule has 1 aromatic carbocycles. The van der Waals surface area contributed by atoms with Gasteiger partial charge in [0.25, 0.3) is 0 Å². The van der Waals surface area contributed by atoms with Crippen molar-refractivity contribution in [2.24, 2.45) is 4.99 Å². The van der Waals surface area contributed by atoms with Crippen LogP contribution in [0.4, 0.5) is 0 Å². The van der Waals surface area contributed by atoms with Crippen molar-refractivity contribution in [2.75, 3.05) is 53.0 Å². The zero-order chi connectivity index (χ0) is 20.9. The normalized spacial score (nSPS) is 18.2. The fraction of sp³-hybridized carbons (Fsp3) is 0.625. The summed E-state index contributed by atoms with van der Waals surface area (Å²) in [5, 5.41) is 6.78. The van der Waals surface area contributed by atoms with Crippen molar-refractivity contribution in [3.8, 4) is 0 Å². The maximum atomic E-state index is 6.11. The topological polar surface area (TPSA) is 58.1 Å². The number of nitrogens with one attached hydrogen (secondary N) is 2. The van der Waals surface area contributed by atoms with E-state index in [2.05, 4.69) is 56.9 Å². The lowest BCUT2D eigenvalue weighted by Gasteiger charge is -2.32. The molecule has 2 N–H and O–H groups in total. The summed E-state index contributed by atoms with van der Waals surface area (Å²) in [6.07, 6.45) is 7.96. The lowest BCUT2D eigenvalue weighted by atomic mass is 10.1. The first-order valence-corrected chi connectivity index (χ1v) is 11.4. The molecule has 0 amide bonds. The van der Waals surface area contributed by atoms with Gasteiger partial charge >= 0.3 is 0 Å². The predicted octanol–water partition coefficient (Wildman–Crippen LogP) is 3.58. The van der Waals surface area contributed by atoms with Crippen molar-refractivity contribution in [1.82, 2.24) is 15.5 Å². The van der Waals surface area contributed by atoms with E-state index in [1.54, 1.807) is 0 Å². The summed E-state index contributed by atoms with van der Waals surface area (Å²) in [6.45, 7) is 7.49. The summed E-state index contributed by atoms with van der Waals surface area (Å²) in [7, 11) is 1.82. The maximum Gasteiger partial charge on any atom is 0.190 e. The first-order valence-electron chi connectivity index (χ1n) is 11.4. The number of halogens is 1. The van der Waals surface area contributed by atoms with Crippen LogP contribution in [0.25, 0.3) is 0 Å². The number of ether oxygens (including phenoxy) is 2. The van der Waals surface area contributed by atoms with E-state index < -0.39 is 0 Å². The summed E-state index contributed by atoms with van der Waals surface area (Å²) >= 11 is 0. The molecule has 0 bridgehead atoms. The molecule has 0 unspecified atom stereocenters. The molecule has 7 heteroatoms. The highest BCUT2D eigenvalue weighted by Gasteiger charge is 2.19. The number of rotatable bonds is 10. The van der Waals surface area contributed by atoms with Gasteiger partial charge in [-0.2, -0.15) is 0 Å². The summed E-state index contributed by atoms with van der Waals surface area (Å²) in [5.41, 5.74) is 2.88. The van der Waals surface area contributed by atoms with Crippen molar-refractivity contribution < 1.29 is 9.47 Å². The number of hydrogen-bond donors (Lipinski definition) is 2. The maximum absolute atomic E-state index is 6.11. The number of likely N-dealkylation sites (tertiary alicyclic amines) is 1. The zero-order valence-electron chi connectivity index (χ0n) is 18.9. The van der Waals surface area contributed by atoms with Gasteiger partial charge in [0.1, 0.15) is 0 Å². The van der Waals surface area contributed by atoms with Crippen molar-refractivity contribution in [3.05, 3.63) is 47.5 Å². The molecular weight excluding hydrogens is 503 g/mol. The van der Waals surface area contributed by atoms with Crippen molar-refractivity contribution >= 4 is 29.9 Å². The molecule has 0 radical (unpaired) electrons. The van der Waals surface area contributed by atoms with Crippen LogP contribution in [0.3, 0.4) is 0 Å². The fourth-order valence-electron chi connectivity index (χ4n) is 3.96. The molecule has 174 valence electrons. The van der Waals surface area contributed by atoms with E-state index >= 15 is 0 Å². The van der Waals surface area contributed by atoms with Gasteiger partial charge in [-0.1, -0.05) is 42.0 Å². The molecule has 2 heterocycles. The Balaban J connectivity index is 0.00000341. The Morgan fingerprint density at radius 3 is 2.65 bits per heavy atom. The average molecular weight is 543 g/mol. The molecule has 2 aliphatic heterocycles. The molecule has 0 aliphatic carbocycles. The monoisotopic (exact) mass is 542 g/mol. The molecule has 6 nitrogen and oxygen atoms in total. The molecular formula is C24H39IN4O2. The van der Waals surface area contributed by atoms with Gasteiger partial charge in [-0.25, -0.2) is 0 Å². The van der Waals surface area contributed by atoms with E-state index in [1.807, 2.05) is 7.05 Å². The smallest absolute Gasteiger partial charge is 0.190 e. The molecule has 1 fully saturated rings. The fourth-order valence-corrected chi connectivity index (χ4v) is 3.96. The van der Waals surface area contributed by atoms with Crippen molar-refractivity contribution in [1.29, 1.82) is 0 Å². The van der Waals surface area contributed by atoms with E-state index in [4.69, 9.17) is 9.47 Å². The van der Waals surface area contributed by atoms with Gasteiger partial charge in [0.05, 0.1) is 19.3 Å². The Labute approximate surface area is 204 Å². The molecule has 0 atom stereocenters. The van der Waals surface area contributed by atoms with E-state index in [1.165, 1.54) is 11.1 Å². The number of piperidine rings is 1. The van der Waals surface area contributed by atoms with E-state index in [0.717, 1.165) is 90.6 Å². The van der Waals surface area contributed by atoms with Crippen LogP contribution in [0.5, 0.6) is 0 Å². The van der Waals surface area contributed by atoms with E-state index in [9.17, 15) is 0 Å². The van der Waals surface area contributed by atoms with Gasteiger partial charge in [0.2, 0.25) is 0 Å². The van der Waals surface area contributed by atoms with E-state index in [-0.39, 0.29) is 24.0 Å². The SMILES string of the molecule is CN=C(NCCCOC1CCN(Cc2ccccc2)CC1)NCCC1=CCOCC1.I. The lowest BCUT2D eigenvalue weighted by molar-refractivity contribution is 0.00534. The minimum atomic E-state index is 0. The lowest BCUT2D eigenvalue weighted by Crippen LogP contribution is -2.39. The summed E-state index contributed by atoms with van der Waals surface area (Å²) < 4.78 is 11.5. The molecule has 31 heavy (non-hydrogen) atoms. The third-order valence-corrected chi connectivity index (χ3v) is 5.77. The van der Waals surface area contributed by atoms with Gasteiger partial charge in [-0.05, 0) is 37.7 Å². The van der Waals surface area contributed by atoms with E-state index in [0.29, 0.717) is 6.10 Å². The quantitative estimate of drug-likeness (QED) is 0.156. The second kappa shape index (κ2) is 15.6. The molecule has 1 aromatic rings. The molecule has 0 saturated carbocycles. The Morgan fingerprint density at radius 2 is 1.94 bits per heavy atom. The number of hydrogen-bond acceptors (Lipinski definition) is 4. The second-order valence-electron chi connectivity index (χ2n) is 8.05. The standard InChI is InChI=1S/C24H38N4O2.HI/c1-25-24(27-14-8-21-11-18-29-19-12-21)26-13-5-17-30-23-9-15-28(16-10-23)20-22-6-3-2-4-7-22;/h2-4,6-7,11,23H,5,8-10,12-20H2,1H3,(H2,25,26,27);1H. The molecule has 2 aliphatic rings. The van der Waals surface area contributed by atoms with Gasteiger partial charge in [0.15, 0.2) is 5.96 Å². The number of guanidine groups is 1. The summed E-state index contributed by atoms with van der Waals surface area (Å²) in [6, 6.07) is 10.7. The van der Waals surface area contributed by atoms with Crippen LogP contribution >= 0.6 is 24.0 Å².